The first-order valence-corrected chi connectivity index (χ1v) is 12.9. The molecule has 2 aromatic rings. The maximum absolute atomic E-state index is 13.3. The number of carbonyl (C=O) groups is 2. The van der Waals surface area contributed by atoms with Crippen LogP contribution in [0.25, 0.3) is 0 Å². The summed E-state index contributed by atoms with van der Waals surface area (Å²) in [5.74, 6) is -0.838. The zero-order valence-corrected chi connectivity index (χ0v) is 20.6. The molecule has 2 amide bonds. The molecule has 2 saturated heterocycles. The van der Waals surface area contributed by atoms with Crippen LogP contribution in [0.2, 0.25) is 5.02 Å². The van der Waals surface area contributed by atoms with Crippen LogP contribution in [0.1, 0.15) is 29.5 Å². The van der Waals surface area contributed by atoms with E-state index < -0.39 is 22.0 Å². The van der Waals surface area contributed by atoms with E-state index in [9.17, 15) is 18.0 Å². The van der Waals surface area contributed by atoms with E-state index in [0.717, 1.165) is 26.7 Å². The van der Waals surface area contributed by atoms with Crippen molar-refractivity contribution in [3.63, 3.8) is 0 Å². The highest BCUT2D eigenvalue weighted by Gasteiger charge is 2.46. The summed E-state index contributed by atoms with van der Waals surface area (Å²) in [4.78, 5) is 29.8. The lowest BCUT2D eigenvalue weighted by atomic mass is 10.1. The van der Waals surface area contributed by atoms with Crippen molar-refractivity contribution < 1.29 is 18.0 Å². The molecule has 0 aliphatic carbocycles. The van der Waals surface area contributed by atoms with Crippen molar-refractivity contribution in [3.8, 4) is 0 Å². The first-order valence-electron chi connectivity index (χ1n) is 11.0. The van der Waals surface area contributed by atoms with Crippen LogP contribution in [0.4, 0.5) is 5.69 Å². The Morgan fingerprint density at radius 1 is 0.939 bits per heavy atom. The van der Waals surface area contributed by atoms with Gasteiger partial charge in [-0.1, -0.05) is 23.7 Å². The molecule has 0 bridgehead atoms. The third-order valence-corrected chi connectivity index (χ3v) is 8.64. The van der Waals surface area contributed by atoms with Crippen LogP contribution in [0, 0.1) is 20.8 Å². The lowest BCUT2D eigenvalue weighted by molar-refractivity contribution is -0.138. The molecule has 9 heteroatoms. The van der Waals surface area contributed by atoms with Crippen LogP contribution in [0.5, 0.6) is 0 Å². The predicted molar refractivity (Wildman–Crippen MR) is 128 cm³/mol. The topological polar surface area (TPSA) is 78.0 Å². The molecule has 33 heavy (non-hydrogen) atoms. The van der Waals surface area contributed by atoms with Crippen LogP contribution in [0.3, 0.4) is 0 Å². The molecular formula is C24H28ClN3O4S. The van der Waals surface area contributed by atoms with Gasteiger partial charge in [-0.15, -0.1) is 0 Å². The zero-order chi connectivity index (χ0) is 23.9. The molecule has 2 heterocycles. The molecule has 1 unspecified atom stereocenters. The SMILES string of the molecule is Cc1ccc(S(=O)(=O)N2C(=O)CCC2C(=O)N2CCN(c3cc(Cl)ccc3C)CC2)cc1C. The fraction of sp³-hybridized carbons (Fsp3) is 0.417. The summed E-state index contributed by atoms with van der Waals surface area (Å²) < 4.78 is 27.5. The molecule has 0 N–H and O–H groups in total. The van der Waals surface area contributed by atoms with E-state index in [-0.39, 0.29) is 23.6 Å². The van der Waals surface area contributed by atoms with Crippen LogP contribution in [0.15, 0.2) is 41.3 Å². The molecule has 176 valence electrons. The molecule has 0 radical (unpaired) electrons. The van der Waals surface area contributed by atoms with Gasteiger partial charge in [-0.25, -0.2) is 12.7 Å². The molecule has 2 fully saturated rings. The van der Waals surface area contributed by atoms with Crippen molar-refractivity contribution in [2.45, 2.75) is 44.6 Å². The highest BCUT2D eigenvalue weighted by atomic mass is 35.5. The number of piperazine rings is 1. The van der Waals surface area contributed by atoms with Gasteiger partial charge in [0.05, 0.1) is 4.90 Å². The third kappa shape index (κ3) is 4.46. The van der Waals surface area contributed by atoms with E-state index >= 15 is 0 Å². The van der Waals surface area contributed by atoms with Crippen molar-refractivity contribution in [2.75, 3.05) is 31.1 Å². The van der Waals surface area contributed by atoms with Gasteiger partial charge in [0, 0.05) is 43.3 Å². The molecule has 1 atom stereocenters. The van der Waals surface area contributed by atoms with Crippen molar-refractivity contribution in [1.29, 1.82) is 0 Å². The summed E-state index contributed by atoms with van der Waals surface area (Å²) in [6, 6.07) is 9.51. The number of anilines is 1. The third-order valence-electron chi connectivity index (χ3n) is 6.58. The number of aryl methyl sites for hydroxylation is 3. The largest absolute Gasteiger partial charge is 0.368 e. The quantitative estimate of drug-likeness (QED) is 0.658. The number of hydrogen-bond donors (Lipinski definition) is 0. The summed E-state index contributed by atoms with van der Waals surface area (Å²) in [5.41, 5.74) is 3.91. The van der Waals surface area contributed by atoms with Crippen molar-refractivity contribution in [2.24, 2.45) is 0 Å². The number of carbonyl (C=O) groups excluding carboxylic acids is 2. The maximum atomic E-state index is 13.3. The van der Waals surface area contributed by atoms with Gasteiger partial charge in [0.1, 0.15) is 6.04 Å². The van der Waals surface area contributed by atoms with Crippen molar-refractivity contribution >= 4 is 39.1 Å². The Bertz CT molecular complexity index is 1210. The van der Waals surface area contributed by atoms with E-state index in [1.54, 1.807) is 17.0 Å². The number of amides is 2. The number of benzene rings is 2. The fourth-order valence-corrected chi connectivity index (χ4v) is 6.33. The van der Waals surface area contributed by atoms with Gasteiger partial charge in [-0.2, -0.15) is 0 Å². The van der Waals surface area contributed by atoms with Crippen LogP contribution in [-0.4, -0.2) is 61.7 Å². The second kappa shape index (κ2) is 8.99. The Hall–Kier alpha value is -2.58. The van der Waals surface area contributed by atoms with E-state index in [1.165, 1.54) is 6.07 Å². The minimum Gasteiger partial charge on any atom is -0.368 e. The second-order valence-corrected chi connectivity index (χ2v) is 11.0. The molecule has 0 aromatic heterocycles. The predicted octanol–water partition coefficient (Wildman–Crippen LogP) is 3.29. The molecule has 4 rings (SSSR count). The number of halogens is 1. The number of sulfonamides is 1. The molecule has 7 nitrogen and oxygen atoms in total. The second-order valence-electron chi connectivity index (χ2n) is 8.74. The lowest BCUT2D eigenvalue weighted by Crippen LogP contribution is -2.55. The van der Waals surface area contributed by atoms with Gasteiger partial charge in [-0.3, -0.25) is 9.59 Å². The lowest BCUT2D eigenvalue weighted by Gasteiger charge is -2.38. The van der Waals surface area contributed by atoms with Crippen LogP contribution >= 0.6 is 11.6 Å². The normalized spacial score (nSPS) is 19.3. The van der Waals surface area contributed by atoms with Crippen LogP contribution < -0.4 is 4.90 Å². The van der Waals surface area contributed by atoms with Gasteiger partial charge >= 0.3 is 0 Å². The van der Waals surface area contributed by atoms with Gasteiger partial charge in [0.2, 0.25) is 11.8 Å². The number of hydrogen-bond acceptors (Lipinski definition) is 5. The first kappa shape index (κ1) is 23.6. The first-order chi connectivity index (χ1) is 15.6. The Labute approximate surface area is 200 Å². The molecule has 2 aliphatic rings. The molecule has 2 aromatic carbocycles. The smallest absolute Gasteiger partial charge is 0.267 e. The Morgan fingerprint density at radius 2 is 1.61 bits per heavy atom. The number of rotatable bonds is 4. The molecular weight excluding hydrogens is 462 g/mol. The highest BCUT2D eigenvalue weighted by molar-refractivity contribution is 7.89. The van der Waals surface area contributed by atoms with Gasteiger partial charge < -0.3 is 9.80 Å². The molecule has 0 saturated carbocycles. The Morgan fingerprint density at radius 3 is 2.27 bits per heavy atom. The highest BCUT2D eigenvalue weighted by Crippen LogP contribution is 2.30. The van der Waals surface area contributed by atoms with Gasteiger partial charge in [0.15, 0.2) is 0 Å². The van der Waals surface area contributed by atoms with E-state index in [4.69, 9.17) is 11.6 Å². The Balaban J connectivity index is 1.51. The summed E-state index contributed by atoms with van der Waals surface area (Å²) in [6.07, 6.45) is 0.248. The van der Waals surface area contributed by atoms with Crippen LogP contribution in [-0.2, 0) is 19.6 Å². The fourth-order valence-electron chi connectivity index (χ4n) is 4.48. The standard InChI is InChI=1S/C24H28ClN3O4S/c1-16-5-7-20(14-18(16)3)33(31,32)28-21(8-9-23(28)29)24(30)27-12-10-26(11-13-27)22-15-19(25)6-4-17(22)2/h4-7,14-15,21H,8-13H2,1-3H3. The maximum Gasteiger partial charge on any atom is 0.267 e. The number of nitrogens with zero attached hydrogens (tertiary/aromatic N) is 3. The monoisotopic (exact) mass is 489 g/mol. The average Bonchev–Trinajstić information content (AvgIpc) is 3.19. The van der Waals surface area contributed by atoms with E-state index in [2.05, 4.69) is 4.90 Å². The van der Waals surface area contributed by atoms with Crippen molar-refractivity contribution in [1.82, 2.24) is 9.21 Å². The minimum atomic E-state index is -4.11. The van der Waals surface area contributed by atoms with Gasteiger partial charge in [-0.05, 0) is 68.1 Å². The average molecular weight is 490 g/mol. The summed E-state index contributed by atoms with van der Waals surface area (Å²) in [6.45, 7) is 7.85. The summed E-state index contributed by atoms with van der Waals surface area (Å²) >= 11 is 6.16. The van der Waals surface area contributed by atoms with E-state index in [0.29, 0.717) is 31.2 Å². The molecule has 2 aliphatic heterocycles. The molecule has 0 spiro atoms. The van der Waals surface area contributed by atoms with Gasteiger partial charge in [0.25, 0.3) is 10.0 Å². The van der Waals surface area contributed by atoms with Crippen molar-refractivity contribution in [3.05, 3.63) is 58.1 Å². The van der Waals surface area contributed by atoms with E-state index in [1.807, 2.05) is 39.0 Å². The zero-order valence-electron chi connectivity index (χ0n) is 19.0. The summed E-state index contributed by atoms with van der Waals surface area (Å²) in [7, 11) is -4.11. The summed E-state index contributed by atoms with van der Waals surface area (Å²) in [5, 5.41) is 0.658. The Kier molecular flexibility index (Phi) is 6.42. The minimum absolute atomic E-state index is 0.0416.